The van der Waals surface area contributed by atoms with Crippen molar-refractivity contribution < 1.29 is 5.11 Å². The van der Waals surface area contributed by atoms with Crippen LogP contribution in [-0.4, -0.2) is 15.1 Å². The van der Waals surface area contributed by atoms with Gasteiger partial charge in [-0.1, -0.05) is 30.3 Å². The van der Waals surface area contributed by atoms with E-state index in [2.05, 4.69) is 27.4 Å². The van der Waals surface area contributed by atoms with Crippen LogP contribution >= 0.6 is 11.3 Å². The van der Waals surface area contributed by atoms with Crippen molar-refractivity contribution in [3.05, 3.63) is 77.4 Å². The summed E-state index contributed by atoms with van der Waals surface area (Å²) >= 11 is 1.56. The normalized spacial score (nSPS) is 12.3. The van der Waals surface area contributed by atoms with Crippen molar-refractivity contribution in [1.82, 2.24) is 9.97 Å². The van der Waals surface area contributed by atoms with E-state index in [1.165, 1.54) is 0 Å². The molecule has 0 spiro atoms. The van der Waals surface area contributed by atoms with Gasteiger partial charge < -0.3 is 15.4 Å². The highest BCUT2D eigenvalue weighted by atomic mass is 32.1. The van der Waals surface area contributed by atoms with Gasteiger partial charge >= 0.3 is 0 Å². The number of phenolic OH excluding ortho intramolecular Hbond substituents is 1. The first-order chi connectivity index (χ1) is 11.3. The van der Waals surface area contributed by atoms with E-state index in [0.717, 1.165) is 27.2 Å². The molecule has 0 radical (unpaired) electrons. The van der Waals surface area contributed by atoms with Gasteiger partial charge in [-0.05, 0) is 23.8 Å². The fourth-order valence-electron chi connectivity index (χ4n) is 2.80. The maximum atomic E-state index is 9.85. The van der Waals surface area contributed by atoms with Crippen molar-refractivity contribution in [2.24, 2.45) is 0 Å². The van der Waals surface area contributed by atoms with Crippen LogP contribution in [0, 0.1) is 0 Å². The van der Waals surface area contributed by atoms with E-state index in [-0.39, 0.29) is 11.8 Å². The zero-order valence-electron chi connectivity index (χ0n) is 12.2. The summed E-state index contributed by atoms with van der Waals surface area (Å²) in [6.07, 6.45) is 3.79. The number of thiazole rings is 1. The van der Waals surface area contributed by atoms with Gasteiger partial charge in [-0.15, -0.1) is 11.3 Å². The number of benzene rings is 2. The van der Waals surface area contributed by atoms with Gasteiger partial charge in [0, 0.05) is 34.2 Å². The number of aromatic nitrogens is 2. The van der Waals surface area contributed by atoms with Gasteiger partial charge in [-0.3, -0.25) is 0 Å². The topological polar surface area (TPSA) is 60.9 Å². The van der Waals surface area contributed by atoms with Gasteiger partial charge in [-0.2, -0.15) is 0 Å². The quantitative estimate of drug-likeness (QED) is 0.517. The summed E-state index contributed by atoms with van der Waals surface area (Å²) in [6.45, 7) is 0. The summed E-state index contributed by atoms with van der Waals surface area (Å²) in [4.78, 5) is 7.64. The highest BCUT2D eigenvalue weighted by Gasteiger charge is 2.19. The number of hydrogen-bond acceptors (Lipinski definition) is 4. The monoisotopic (exact) mass is 321 g/mol. The van der Waals surface area contributed by atoms with Gasteiger partial charge in [0.25, 0.3) is 0 Å². The molecular weight excluding hydrogens is 306 g/mol. The SMILES string of the molecule is Oc1cccc(C(Nc2nccs2)c2c[nH]c3ccccc23)c1. The number of nitrogens with zero attached hydrogens (tertiary/aromatic N) is 1. The van der Waals surface area contributed by atoms with Crippen LogP contribution in [0.2, 0.25) is 0 Å². The molecule has 2 aromatic heterocycles. The number of aromatic hydroxyl groups is 1. The zero-order chi connectivity index (χ0) is 15.6. The minimum Gasteiger partial charge on any atom is -0.508 e. The number of phenols is 1. The number of rotatable bonds is 4. The Labute approximate surface area is 137 Å². The molecule has 0 fully saturated rings. The largest absolute Gasteiger partial charge is 0.508 e. The van der Waals surface area contributed by atoms with E-state index in [9.17, 15) is 5.11 Å². The standard InChI is InChI=1S/C18H15N3OS/c22-13-5-3-4-12(10-13)17(21-18-19-8-9-23-18)15-11-20-16-7-2-1-6-14(15)16/h1-11,17,20,22H,(H,19,21). The second-order valence-corrected chi connectivity index (χ2v) is 6.19. The average Bonchev–Trinajstić information content (AvgIpc) is 3.22. The van der Waals surface area contributed by atoms with Crippen molar-refractivity contribution in [1.29, 1.82) is 0 Å². The lowest BCUT2D eigenvalue weighted by Crippen LogP contribution is -2.11. The predicted molar refractivity (Wildman–Crippen MR) is 94.0 cm³/mol. The minimum absolute atomic E-state index is 0.0931. The van der Waals surface area contributed by atoms with Crippen molar-refractivity contribution in [3.8, 4) is 5.75 Å². The first-order valence-corrected chi connectivity index (χ1v) is 8.20. The maximum Gasteiger partial charge on any atom is 0.183 e. The molecule has 5 heteroatoms. The van der Waals surface area contributed by atoms with Gasteiger partial charge in [0.1, 0.15) is 5.75 Å². The number of nitrogens with one attached hydrogen (secondary N) is 2. The van der Waals surface area contributed by atoms with Crippen LogP contribution in [0.15, 0.2) is 66.3 Å². The lowest BCUT2D eigenvalue weighted by atomic mass is 9.98. The molecule has 4 rings (SSSR count). The van der Waals surface area contributed by atoms with Gasteiger partial charge in [-0.25, -0.2) is 4.98 Å². The van der Waals surface area contributed by atoms with Crippen molar-refractivity contribution in [3.63, 3.8) is 0 Å². The van der Waals surface area contributed by atoms with Crippen LogP contribution in [0.4, 0.5) is 5.13 Å². The van der Waals surface area contributed by atoms with Crippen molar-refractivity contribution in [2.75, 3.05) is 5.32 Å². The molecule has 2 heterocycles. The molecule has 0 aliphatic heterocycles. The predicted octanol–water partition coefficient (Wildman–Crippen LogP) is 4.53. The van der Waals surface area contributed by atoms with Crippen LogP contribution in [0.25, 0.3) is 10.9 Å². The Morgan fingerprint density at radius 1 is 1.13 bits per heavy atom. The van der Waals surface area contributed by atoms with E-state index in [0.29, 0.717) is 0 Å². The number of H-pyrrole nitrogens is 1. The molecular formula is C18H15N3OS. The Morgan fingerprint density at radius 2 is 2.04 bits per heavy atom. The number of para-hydroxylation sites is 1. The van der Waals surface area contributed by atoms with Crippen LogP contribution < -0.4 is 5.32 Å². The lowest BCUT2D eigenvalue weighted by molar-refractivity contribution is 0.474. The molecule has 23 heavy (non-hydrogen) atoms. The van der Waals surface area contributed by atoms with Crippen LogP contribution in [0.5, 0.6) is 5.75 Å². The molecule has 1 atom stereocenters. The molecule has 1 unspecified atom stereocenters. The summed E-state index contributed by atoms with van der Waals surface area (Å²) in [5, 5.41) is 17.3. The Bertz CT molecular complexity index is 930. The number of hydrogen-bond donors (Lipinski definition) is 3. The number of aromatic amines is 1. The van der Waals surface area contributed by atoms with Gasteiger partial charge in [0.15, 0.2) is 5.13 Å². The van der Waals surface area contributed by atoms with Gasteiger partial charge in [0.05, 0.1) is 6.04 Å². The van der Waals surface area contributed by atoms with Gasteiger partial charge in [0.2, 0.25) is 0 Å². The molecule has 0 aliphatic rings. The highest BCUT2D eigenvalue weighted by molar-refractivity contribution is 7.13. The molecule has 4 nitrogen and oxygen atoms in total. The summed E-state index contributed by atoms with van der Waals surface area (Å²) in [5.41, 5.74) is 3.21. The molecule has 0 aliphatic carbocycles. The number of fused-ring (bicyclic) bond motifs is 1. The second-order valence-electron chi connectivity index (χ2n) is 5.30. The van der Waals surface area contributed by atoms with Crippen molar-refractivity contribution in [2.45, 2.75) is 6.04 Å². The maximum absolute atomic E-state index is 9.85. The number of anilines is 1. The third-order valence-corrected chi connectivity index (χ3v) is 4.54. The van der Waals surface area contributed by atoms with Crippen LogP contribution in [0.1, 0.15) is 17.2 Å². The van der Waals surface area contributed by atoms with Crippen LogP contribution in [-0.2, 0) is 0 Å². The minimum atomic E-state index is -0.0931. The summed E-state index contributed by atoms with van der Waals surface area (Å²) in [5.74, 6) is 0.258. The molecule has 0 saturated carbocycles. The molecule has 3 N–H and O–H groups in total. The smallest absolute Gasteiger partial charge is 0.183 e. The lowest BCUT2D eigenvalue weighted by Gasteiger charge is -2.19. The summed E-state index contributed by atoms with van der Waals surface area (Å²) in [7, 11) is 0. The third-order valence-electron chi connectivity index (χ3n) is 3.84. The Balaban J connectivity index is 1.84. The molecule has 4 aromatic rings. The van der Waals surface area contributed by atoms with Crippen molar-refractivity contribution >= 4 is 27.4 Å². The van der Waals surface area contributed by atoms with E-state index in [4.69, 9.17) is 0 Å². The van der Waals surface area contributed by atoms with E-state index in [1.807, 2.05) is 35.8 Å². The fourth-order valence-corrected chi connectivity index (χ4v) is 3.35. The highest BCUT2D eigenvalue weighted by Crippen LogP contribution is 2.33. The average molecular weight is 321 g/mol. The summed E-state index contributed by atoms with van der Waals surface area (Å²) in [6, 6.07) is 15.4. The molecule has 0 saturated heterocycles. The Morgan fingerprint density at radius 3 is 2.87 bits per heavy atom. The van der Waals surface area contributed by atoms with E-state index < -0.39 is 0 Å². The second kappa shape index (κ2) is 5.78. The third kappa shape index (κ3) is 2.66. The van der Waals surface area contributed by atoms with Crippen LogP contribution in [0.3, 0.4) is 0 Å². The first kappa shape index (κ1) is 13.8. The summed E-state index contributed by atoms with van der Waals surface area (Å²) < 4.78 is 0. The Kier molecular flexibility index (Phi) is 3.48. The molecule has 0 amide bonds. The first-order valence-electron chi connectivity index (χ1n) is 7.32. The molecule has 114 valence electrons. The fraction of sp³-hybridized carbons (Fsp3) is 0.0556. The molecule has 0 bridgehead atoms. The Hall–Kier alpha value is -2.79. The van der Waals surface area contributed by atoms with E-state index in [1.54, 1.807) is 29.7 Å². The zero-order valence-corrected chi connectivity index (χ0v) is 13.0. The van der Waals surface area contributed by atoms with E-state index >= 15 is 0 Å². The molecule has 2 aromatic carbocycles.